The van der Waals surface area contributed by atoms with Gasteiger partial charge in [-0.15, -0.1) is 0 Å². The summed E-state index contributed by atoms with van der Waals surface area (Å²) in [5.41, 5.74) is 2.64. The summed E-state index contributed by atoms with van der Waals surface area (Å²) in [6.07, 6.45) is 7.47. The van der Waals surface area contributed by atoms with Gasteiger partial charge in [0.1, 0.15) is 25.4 Å². The van der Waals surface area contributed by atoms with Crippen molar-refractivity contribution in [3.8, 4) is 22.9 Å². The van der Waals surface area contributed by atoms with Gasteiger partial charge < -0.3 is 20.1 Å². The van der Waals surface area contributed by atoms with E-state index in [4.69, 9.17) is 9.47 Å². The van der Waals surface area contributed by atoms with Crippen LogP contribution in [-0.4, -0.2) is 51.7 Å². The Morgan fingerprint density at radius 3 is 2.74 bits per heavy atom. The van der Waals surface area contributed by atoms with Crippen molar-refractivity contribution in [2.75, 3.05) is 37.4 Å². The Balaban J connectivity index is 1.42. The second kappa shape index (κ2) is 7.81. The van der Waals surface area contributed by atoms with E-state index in [1.54, 1.807) is 25.6 Å². The maximum absolute atomic E-state index is 5.69. The fourth-order valence-corrected chi connectivity index (χ4v) is 2.73. The first-order chi connectivity index (χ1) is 13.3. The molecule has 0 aliphatic carbocycles. The summed E-state index contributed by atoms with van der Waals surface area (Å²) >= 11 is 0. The van der Waals surface area contributed by atoms with Gasteiger partial charge in [0.15, 0.2) is 5.75 Å². The van der Waals surface area contributed by atoms with E-state index in [1.165, 1.54) is 6.33 Å². The Morgan fingerprint density at radius 1 is 1.04 bits per heavy atom. The van der Waals surface area contributed by atoms with Crippen LogP contribution in [0.15, 0.2) is 37.1 Å². The third-order valence-corrected chi connectivity index (χ3v) is 4.06. The largest absolute Gasteiger partial charge is 0.484 e. The van der Waals surface area contributed by atoms with Crippen molar-refractivity contribution in [2.24, 2.45) is 0 Å². The zero-order valence-electron chi connectivity index (χ0n) is 14.8. The second-order valence-corrected chi connectivity index (χ2v) is 5.81. The van der Waals surface area contributed by atoms with Crippen LogP contribution in [0.1, 0.15) is 5.56 Å². The maximum atomic E-state index is 5.69. The van der Waals surface area contributed by atoms with Crippen molar-refractivity contribution in [1.82, 2.24) is 24.9 Å². The van der Waals surface area contributed by atoms with Gasteiger partial charge in [0.2, 0.25) is 5.95 Å². The molecule has 27 heavy (non-hydrogen) atoms. The highest BCUT2D eigenvalue weighted by Gasteiger charge is 2.16. The molecule has 9 heteroatoms. The van der Waals surface area contributed by atoms with E-state index in [-0.39, 0.29) is 0 Å². The van der Waals surface area contributed by atoms with Crippen molar-refractivity contribution in [1.29, 1.82) is 0 Å². The van der Waals surface area contributed by atoms with E-state index in [2.05, 4.69) is 35.6 Å². The Hall–Kier alpha value is -3.49. The predicted molar refractivity (Wildman–Crippen MR) is 100 cm³/mol. The van der Waals surface area contributed by atoms with Gasteiger partial charge in [-0.05, 0) is 12.5 Å². The smallest absolute Gasteiger partial charge is 0.257 e. The lowest BCUT2D eigenvalue weighted by Crippen LogP contribution is -2.18. The van der Waals surface area contributed by atoms with Gasteiger partial charge in [0.25, 0.3) is 5.88 Å². The number of hydrogen-bond acceptors (Lipinski definition) is 9. The molecule has 0 spiro atoms. The Kier molecular flexibility index (Phi) is 4.91. The summed E-state index contributed by atoms with van der Waals surface area (Å²) < 4.78 is 11.2. The first-order valence-electron chi connectivity index (χ1n) is 8.63. The van der Waals surface area contributed by atoms with Crippen molar-refractivity contribution in [3.05, 3.63) is 42.6 Å². The van der Waals surface area contributed by atoms with Gasteiger partial charge >= 0.3 is 0 Å². The fraction of sp³-hybridized carbons (Fsp3) is 0.278. The van der Waals surface area contributed by atoms with Crippen molar-refractivity contribution < 1.29 is 9.47 Å². The summed E-state index contributed by atoms with van der Waals surface area (Å²) in [5.74, 6) is 2.60. The summed E-state index contributed by atoms with van der Waals surface area (Å²) in [6.45, 7) is 1.76. The number of pyridine rings is 1. The van der Waals surface area contributed by atoms with Crippen LogP contribution in [-0.2, 0) is 6.42 Å². The Bertz CT molecular complexity index is 918. The van der Waals surface area contributed by atoms with Crippen LogP contribution in [0, 0.1) is 0 Å². The van der Waals surface area contributed by atoms with Gasteiger partial charge in [0, 0.05) is 49.4 Å². The number of ether oxygens (including phenoxy) is 2. The van der Waals surface area contributed by atoms with Gasteiger partial charge in [-0.1, -0.05) is 0 Å². The van der Waals surface area contributed by atoms with E-state index in [0.717, 1.165) is 34.8 Å². The molecule has 2 N–H and O–H groups in total. The first kappa shape index (κ1) is 17.0. The number of nitrogens with zero attached hydrogens (tertiary/aromatic N) is 5. The molecule has 0 atom stereocenters. The highest BCUT2D eigenvalue weighted by atomic mass is 16.6. The molecule has 0 saturated heterocycles. The number of anilines is 2. The molecular formula is C18H19N7O2. The molecule has 0 aromatic carbocycles. The number of rotatable bonds is 6. The second-order valence-electron chi connectivity index (χ2n) is 5.81. The minimum Gasteiger partial charge on any atom is -0.484 e. The minimum absolute atomic E-state index is 0.532. The van der Waals surface area contributed by atoms with Crippen LogP contribution in [0.2, 0.25) is 0 Å². The highest BCUT2D eigenvalue weighted by Crippen LogP contribution is 2.31. The molecule has 0 fully saturated rings. The van der Waals surface area contributed by atoms with E-state index >= 15 is 0 Å². The van der Waals surface area contributed by atoms with Crippen molar-refractivity contribution in [3.63, 3.8) is 0 Å². The van der Waals surface area contributed by atoms with E-state index in [1.807, 2.05) is 12.1 Å². The van der Waals surface area contributed by atoms with Gasteiger partial charge in [0.05, 0.1) is 5.69 Å². The first-order valence-corrected chi connectivity index (χ1v) is 8.63. The zero-order valence-corrected chi connectivity index (χ0v) is 14.8. The molecule has 138 valence electrons. The summed E-state index contributed by atoms with van der Waals surface area (Å²) in [5, 5.41) is 6.20. The average Bonchev–Trinajstić information content (AvgIpc) is 2.74. The minimum atomic E-state index is 0.532. The molecule has 0 saturated carbocycles. The van der Waals surface area contributed by atoms with Crippen molar-refractivity contribution in [2.45, 2.75) is 6.42 Å². The van der Waals surface area contributed by atoms with E-state index in [0.29, 0.717) is 31.6 Å². The molecular weight excluding hydrogens is 346 g/mol. The third-order valence-electron chi connectivity index (χ3n) is 4.06. The highest BCUT2D eigenvalue weighted by molar-refractivity contribution is 5.60. The van der Waals surface area contributed by atoms with E-state index < -0.39 is 0 Å². The van der Waals surface area contributed by atoms with Crippen LogP contribution < -0.4 is 20.1 Å². The Labute approximate surface area is 156 Å². The molecule has 3 aromatic rings. The van der Waals surface area contributed by atoms with E-state index in [9.17, 15) is 0 Å². The SMILES string of the molecule is CNc1ncc(-c2cc(NCCc3ccnc4c3OCCO4)ncn2)cn1. The van der Waals surface area contributed by atoms with Crippen LogP contribution in [0.5, 0.6) is 11.6 Å². The summed E-state index contributed by atoms with van der Waals surface area (Å²) in [7, 11) is 1.78. The predicted octanol–water partition coefficient (Wildman–Crippen LogP) is 1.80. The fourth-order valence-electron chi connectivity index (χ4n) is 2.73. The van der Waals surface area contributed by atoms with Crippen LogP contribution in [0.25, 0.3) is 11.3 Å². The normalized spacial score (nSPS) is 12.5. The molecule has 4 heterocycles. The molecule has 0 bridgehead atoms. The van der Waals surface area contributed by atoms with Crippen LogP contribution in [0.3, 0.4) is 0 Å². The third kappa shape index (κ3) is 3.86. The zero-order chi connectivity index (χ0) is 18.5. The topological polar surface area (TPSA) is 107 Å². The molecule has 0 radical (unpaired) electrons. The van der Waals surface area contributed by atoms with Gasteiger partial charge in [-0.3, -0.25) is 0 Å². The van der Waals surface area contributed by atoms with Crippen LogP contribution >= 0.6 is 0 Å². The molecule has 3 aromatic heterocycles. The Morgan fingerprint density at radius 2 is 1.89 bits per heavy atom. The van der Waals surface area contributed by atoms with Crippen LogP contribution in [0.4, 0.5) is 11.8 Å². The number of nitrogens with one attached hydrogen (secondary N) is 2. The number of fused-ring (bicyclic) bond motifs is 1. The maximum Gasteiger partial charge on any atom is 0.257 e. The molecule has 0 amide bonds. The average molecular weight is 365 g/mol. The lowest BCUT2D eigenvalue weighted by Gasteiger charge is -2.19. The molecule has 4 rings (SSSR count). The standard InChI is InChI=1S/C18H19N7O2/c1-19-18-22-9-13(10-23-18)14-8-15(25-11-24-14)20-4-2-12-3-5-21-17-16(12)26-6-7-27-17/h3,5,8-11H,2,4,6-7H2,1H3,(H,19,22,23)(H,20,24,25). The van der Waals surface area contributed by atoms with Gasteiger partial charge in [-0.2, -0.15) is 0 Å². The lowest BCUT2D eigenvalue weighted by molar-refractivity contribution is 0.163. The number of aromatic nitrogens is 5. The quantitative estimate of drug-likeness (QED) is 0.676. The molecule has 0 unspecified atom stereocenters. The summed E-state index contributed by atoms with van der Waals surface area (Å²) in [6, 6.07) is 3.82. The van der Waals surface area contributed by atoms with Crippen molar-refractivity contribution >= 4 is 11.8 Å². The lowest BCUT2D eigenvalue weighted by atomic mass is 10.1. The molecule has 1 aliphatic rings. The summed E-state index contributed by atoms with van der Waals surface area (Å²) in [4.78, 5) is 21.2. The molecule has 9 nitrogen and oxygen atoms in total. The monoisotopic (exact) mass is 365 g/mol. The number of hydrogen-bond donors (Lipinski definition) is 2. The van der Waals surface area contributed by atoms with Gasteiger partial charge in [-0.25, -0.2) is 24.9 Å². The molecule has 1 aliphatic heterocycles.